The average Bonchev–Trinajstić information content (AvgIpc) is 2.48. The molecule has 1 unspecified atom stereocenters. The minimum atomic E-state index is -0.574. The van der Waals surface area contributed by atoms with E-state index >= 15 is 0 Å². The minimum absolute atomic E-state index is 0.156. The van der Waals surface area contributed by atoms with Crippen LogP contribution in [-0.4, -0.2) is 36.8 Å². The minimum Gasteiger partial charge on any atom is -0.508 e. The number of rotatable bonds is 10. The van der Waals surface area contributed by atoms with Crippen LogP contribution < -0.4 is 11.1 Å². The molecular formula is C16H26N2O3. The number of carbonyl (C=O) groups excluding carboxylic acids is 1. The molecule has 0 spiro atoms. The van der Waals surface area contributed by atoms with E-state index < -0.39 is 6.04 Å². The van der Waals surface area contributed by atoms with E-state index in [1.165, 1.54) is 0 Å². The molecule has 0 heterocycles. The second-order valence-electron chi connectivity index (χ2n) is 5.09. The van der Waals surface area contributed by atoms with Gasteiger partial charge in [-0.3, -0.25) is 4.79 Å². The molecule has 5 heteroatoms. The fraction of sp³-hybridized carbons (Fsp3) is 0.562. The van der Waals surface area contributed by atoms with Gasteiger partial charge < -0.3 is 20.9 Å². The van der Waals surface area contributed by atoms with Crippen molar-refractivity contribution in [3.8, 4) is 5.75 Å². The second kappa shape index (κ2) is 10.2. The summed E-state index contributed by atoms with van der Waals surface area (Å²) in [5.41, 5.74) is 6.79. The van der Waals surface area contributed by atoms with Crippen molar-refractivity contribution in [2.75, 3.05) is 19.8 Å². The van der Waals surface area contributed by atoms with Gasteiger partial charge in [0.15, 0.2) is 0 Å². The lowest BCUT2D eigenvalue weighted by molar-refractivity contribution is -0.122. The van der Waals surface area contributed by atoms with Gasteiger partial charge in [-0.15, -0.1) is 0 Å². The zero-order valence-electron chi connectivity index (χ0n) is 12.7. The van der Waals surface area contributed by atoms with E-state index in [1.807, 2.05) is 0 Å². The molecule has 21 heavy (non-hydrogen) atoms. The number of benzene rings is 1. The van der Waals surface area contributed by atoms with E-state index in [2.05, 4.69) is 12.2 Å². The number of nitrogens with two attached hydrogens (primary N) is 1. The topological polar surface area (TPSA) is 84.6 Å². The van der Waals surface area contributed by atoms with Crippen LogP contribution in [0.4, 0.5) is 0 Å². The van der Waals surface area contributed by atoms with Crippen molar-refractivity contribution in [1.82, 2.24) is 5.32 Å². The molecule has 1 amide bonds. The number of hydrogen-bond acceptors (Lipinski definition) is 4. The van der Waals surface area contributed by atoms with Crippen molar-refractivity contribution in [2.24, 2.45) is 5.73 Å². The molecule has 0 saturated heterocycles. The standard InChI is InChI=1S/C16H26N2O3/c1-2-3-10-21-11-4-9-18-16(20)15(17)12-13-5-7-14(19)8-6-13/h5-8,15,19H,2-4,9-12,17H2,1H3,(H,18,20). The summed E-state index contributed by atoms with van der Waals surface area (Å²) in [5.74, 6) is 0.0523. The van der Waals surface area contributed by atoms with Crippen LogP contribution in [0.5, 0.6) is 5.75 Å². The van der Waals surface area contributed by atoms with Crippen molar-refractivity contribution >= 4 is 5.91 Å². The maximum absolute atomic E-state index is 11.8. The molecule has 1 aromatic rings. The Balaban J connectivity index is 2.15. The van der Waals surface area contributed by atoms with Crippen LogP contribution >= 0.6 is 0 Å². The summed E-state index contributed by atoms with van der Waals surface area (Å²) < 4.78 is 5.42. The summed E-state index contributed by atoms with van der Waals surface area (Å²) in [6.45, 7) is 4.14. The monoisotopic (exact) mass is 294 g/mol. The first-order valence-electron chi connectivity index (χ1n) is 7.52. The average molecular weight is 294 g/mol. The number of nitrogens with one attached hydrogen (secondary N) is 1. The Morgan fingerprint density at radius 2 is 1.95 bits per heavy atom. The number of carbonyl (C=O) groups is 1. The lowest BCUT2D eigenvalue weighted by atomic mass is 10.1. The lowest BCUT2D eigenvalue weighted by Gasteiger charge is -2.12. The van der Waals surface area contributed by atoms with Gasteiger partial charge in [0.05, 0.1) is 6.04 Å². The zero-order valence-corrected chi connectivity index (χ0v) is 12.7. The number of phenols is 1. The fourth-order valence-electron chi connectivity index (χ4n) is 1.84. The molecule has 0 aromatic heterocycles. The summed E-state index contributed by atoms with van der Waals surface area (Å²) in [4.78, 5) is 11.8. The SMILES string of the molecule is CCCCOCCCNC(=O)C(N)Cc1ccc(O)cc1. The van der Waals surface area contributed by atoms with Crippen LogP contribution in [0.3, 0.4) is 0 Å². The summed E-state index contributed by atoms with van der Waals surface area (Å²) in [6.07, 6.45) is 3.45. The van der Waals surface area contributed by atoms with Gasteiger partial charge in [-0.05, 0) is 37.0 Å². The predicted octanol–water partition coefficient (Wildman–Crippen LogP) is 1.58. The van der Waals surface area contributed by atoms with Crippen LogP contribution in [-0.2, 0) is 16.0 Å². The van der Waals surface area contributed by atoms with Gasteiger partial charge >= 0.3 is 0 Å². The fourth-order valence-corrected chi connectivity index (χ4v) is 1.84. The zero-order chi connectivity index (χ0) is 15.5. The Labute approximate surface area is 126 Å². The molecule has 4 N–H and O–H groups in total. The van der Waals surface area contributed by atoms with E-state index in [0.29, 0.717) is 19.6 Å². The smallest absolute Gasteiger partial charge is 0.237 e. The van der Waals surface area contributed by atoms with Crippen LogP contribution in [0, 0.1) is 0 Å². The molecule has 0 aliphatic heterocycles. The third kappa shape index (κ3) is 7.68. The first-order chi connectivity index (χ1) is 10.1. The first kappa shape index (κ1) is 17.5. The Morgan fingerprint density at radius 3 is 2.62 bits per heavy atom. The third-order valence-electron chi connectivity index (χ3n) is 3.14. The number of hydrogen-bond donors (Lipinski definition) is 3. The van der Waals surface area contributed by atoms with E-state index in [4.69, 9.17) is 10.5 Å². The van der Waals surface area contributed by atoms with Crippen LogP contribution in [0.25, 0.3) is 0 Å². The van der Waals surface area contributed by atoms with Gasteiger partial charge in [-0.1, -0.05) is 25.5 Å². The van der Waals surface area contributed by atoms with Crippen molar-refractivity contribution in [3.63, 3.8) is 0 Å². The van der Waals surface area contributed by atoms with Gasteiger partial charge in [0.2, 0.25) is 5.91 Å². The van der Waals surface area contributed by atoms with Gasteiger partial charge in [0, 0.05) is 19.8 Å². The Kier molecular flexibility index (Phi) is 8.47. The number of phenolic OH excluding ortho intramolecular Hbond substituents is 1. The number of unbranched alkanes of at least 4 members (excludes halogenated alkanes) is 1. The van der Waals surface area contributed by atoms with Crippen molar-refractivity contribution in [2.45, 2.75) is 38.6 Å². The van der Waals surface area contributed by atoms with Crippen LogP contribution in [0.1, 0.15) is 31.7 Å². The van der Waals surface area contributed by atoms with Crippen LogP contribution in [0.15, 0.2) is 24.3 Å². The highest BCUT2D eigenvalue weighted by Crippen LogP contribution is 2.10. The van der Waals surface area contributed by atoms with E-state index in [9.17, 15) is 9.90 Å². The van der Waals surface area contributed by atoms with Crippen molar-refractivity contribution in [3.05, 3.63) is 29.8 Å². The maximum atomic E-state index is 11.8. The molecule has 0 saturated carbocycles. The van der Waals surface area contributed by atoms with Gasteiger partial charge in [0.25, 0.3) is 0 Å². The molecule has 1 atom stereocenters. The summed E-state index contributed by atoms with van der Waals surface area (Å²) in [5, 5.41) is 12.0. The van der Waals surface area contributed by atoms with E-state index in [0.717, 1.165) is 31.4 Å². The highest BCUT2D eigenvalue weighted by molar-refractivity contribution is 5.81. The molecule has 1 rings (SSSR count). The van der Waals surface area contributed by atoms with Gasteiger partial charge in [-0.2, -0.15) is 0 Å². The first-order valence-corrected chi connectivity index (χ1v) is 7.52. The number of ether oxygens (including phenoxy) is 1. The van der Waals surface area contributed by atoms with Crippen molar-refractivity contribution in [1.29, 1.82) is 0 Å². The summed E-state index contributed by atoms with van der Waals surface area (Å²) in [6, 6.07) is 6.14. The maximum Gasteiger partial charge on any atom is 0.237 e. The van der Waals surface area contributed by atoms with E-state index in [-0.39, 0.29) is 11.7 Å². The summed E-state index contributed by atoms with van der Waals surface area (Å²) in [7, 11) is 0. The Bertz CT molecular complexity index is 406. The Morgan fingerprint density at radius 1 is 1.29 bits per heavy atom. The third-order valence-corrected chi connectivity index (χ3v) is 3.14. The molecule has 118 valence electrons. The van der Waals surface area contributed by atoms with Gasteiger partial charge in [-0.25, -0.2) is 0 Å². The second-order valence-corrected chi connectivity index (χ2v) is 5.09. The molecular weight excluding hydrogens is 268 g/mol. The summed E-state index contributed by atoms with van der Waals surface area (Å²) >= 11 is 0. The van der Waals surface area contributed by atoms with Crippen molar-refractivity contribution < 1.29 is 14.6 Å². The number of amides is 1. The highest BCUT2D eigenvalue weighted by Gasteiger charge is 2.13. The molecule has 0 bridgehead atoms. The number of aromatic hydroxyl groups is 1. The van der Waals surface area contributed by atoms with Gasteiger partial charge in [0.1, 0.15) is 5.75 Å². The quantitative estimate of drug-likeness (QED) is 0.572. The molecule has 0 radical (unpaired) electrons. The molecule has 0 aliphatic rings. The molecule has 0 fully saturated rings. The molecule has 1 aromatic carbocycles. The highest BCUT2D eigenvalue weighted by atomic mass is 16.5. The Hall–Kier alpha value is -1.59. The lowest BCUT2D eigenvalue weighted by Crippen LogP contribution is -2.42. The largest absolute Gasteiger partial charge is 0.508 e. The normalized spacial score (nSPS) is 12.1. The van der Waals surface area contributed by atoms with E-state index in [1.54, 1.807) is 24.3 Å². The molecule has 0 aliphatic carbocycles. The predicted molar refractivity (Wildman–Crippen MR) is 83.1 cm³/mol. The van der Waals surface area contributed by atoms with Crippen LogP contribution in [0.2, 0.25) is 0 Å². The molecule has 5 nitrogen and oxygen atoms in total.